The highest BCUT2D eigenvalue weighted by atomic mass is 16.7. The minimum atomic E-state index is -0.572. The summed E-state index contributed by atoms with van der Waals surface area (Å²) in [5.74, 6) is 0.0791. The highest BCUT2D eigenvalue weighted by Gasteiger charge is 2.36. The Kier molecular flexibility index (Phi) is 3.80. The van der Waals surface area contributed by atoms with Crippen LogP contribution in [-0.4, -0.2) is 24.6 Å². The molecule has 0 saturated heterocycles. The molecule has 7 heteroatoms. The number of carbonyl (C=O) groups excluding carboxylic acids is 3. The predicted molar refractivity (Wildman–Crippen MR) is 102 cm³/mol. The molecule has 29 heavy (non-hydrogen) atoms. The molecule has 0 atom stereocenters. The van der Waals surface area contributed by atoms with Gasteiger partial charge in [-0.15, -0.1) is 0 Å². The van der Waals surface area contributed by atoms with Crippen LogP contribution in [0.4, 0.5) is 5.69 Å². The van der Waals surface area contributed by atoms with E-state index in [0.717, 1.165) is 4.90 Å². The number of esters is 1. The summed E-state index contributed by atoms with van der Waals surface area (Å²) in [6, 6.07) is 17.6. The van der Waals surface area contributed by atoms with Crippen molar-refractivity contribution in [1.82, 2.24) is 0 Å². The highest BCUT2D eigenvalue weighted by molar-refractivity contribution is 6.34. The van der Waals surface area contributed by atoms with Gasteiger partial charge in [-0.25, -0.2) is 9.69 Å². The number of fused-ring (bicyclic) bond motifs is 2. The summed E-state index contributed by atoms with van der Waals surface area (Å²) in [5, 5.41) is 0. The van der Waals surface area contributed by atoms with Crippen molar-refractivity contribution in [2.45, 2.75) is 0 Å². The van der Waals surface area contributed by atoms with Gasteiger partial charge in [0.15, 0.2) is 11.5 Å². The molecule has 0 spiro atoms. The maximum Gasteiger partial charge on any atom is 0.343 e. The lowest BCUT2D eigenvalue weighted by Gasteiger charge is -2.14. The molecule has 3 aromatic carbocycles. The Morgan fingerprint density at radius 3 is 2.17 bits per heavy atom. The van der Waals surface area contributed by atoms with Crippen LogP contribution < -0.4 is 19.1 Å². The van der Waals surface area contributed by atoms with Gasteiger partial charge in [0, 0.05) is 6.07 Å². The summed E-state index contributed by atoms with van der Waals surface area (Å²) in [5.41, 5.74) is 1.39. The fraction of sp³-hybridized carbons (Fsp3) is 0.0455. The number of hydrogen-bond donors (Lipinski definition) is 0. The smallest absolute Gasteiger partial charge is 0.343 e. The van der Waals surface area contributed by atoms with Gasteiger partial charge in [0.1, 0.15) is 5.75 Å². The fourth-order valence-electron chi connectivity index (χ4n) is 3.28. The number of amides is 2. The van der Waals surface area contributed by atoms with Crippen molar-refractivity contribution >= 4 is 23.5 Å². The van der Waals surface area contributed by atoms with Crippen molar-refractivity contribution in [2.24, 2.45) is 0 Å². The Labute approximate surface area is 165 Å². The van der Waals surface area contributed by atoms with Crippen molar-refractivity contribution < 1.29 is 28.6 Å². The van der Waals surface area contributed by atoms with E-state index in [0.29, 0.717) is 34.1 Å². The molecule has 0 fully saturated rings. The van der Waals surface area contributed by atoms with Gasteiger partial charge in [-0.1, -0.05) is 12.1 Å². The Bertz CT molecular complexity index is 1130. The van der Waals surface area contributed by atoms with Gasteiger partial charge in [0.25, 0.3) is 11.8 Å². The minimum absolute atomic E-state index is 0.131. The third kappa shape index (κ3) is 2.80. The quantitative estimate of drug-likeness (QED) is 0.389. The van der Waals surface area contributed by atoms with Crippen molar-refractivity contribution in [2.75, 3.05) is 11.7 Å². The van der Waals surface area contributed by atoms with Crippen LogP contribution in [0.15, 0.2) is 66.7 Å². The van der Waals surface area contributed by atoms with Gasteiger partial charge in [0.05, 0.1) is 22.4 Å². The molecule has 0 unspecified atom stereocenters. The summed E-state index contributed by atoms with van der Waals surface area (Å²) in [6.45, 7) is 0.131. The highest BCUT2D eigenvalue weighted by Crippen LogP contribution is 2.35. The van der Waals surface area contributed by atoms with Crippen LogP contribution in [0.2, 0.25) is 0 Å². The van der Waals surface area contributed by atoms with Crippen molar-refractivity contribution in [3.05, 3.63) is 83.4 Å². The van der Waals surface area contributed by atoms with Gasteiger partial charge < -0.3 is 14.2 Å². The Hall–Kier alpha value is -4.13. The molecular weight excluding hydrogens is 374 g/mol. The lowest BCUT2D eigenvalue weighted by molar-refractivity contribution is 0.0734. The molecule has 142 valence electrons. The van der Waals surface area contributed by atoms with Crippen molar-refractivity contribution in [3.63, 3.8) is 0 Å². The average molecular weight is 387 g/mol. The minimum Gasteiger partial charge on any atom is -0.454 e. The van der Waals surface area contributed by atoms with E-state index in [1.165, 1.54) is 24.3 Å². The summed E-state index contributed by atoms with van der Waals surface area (Å²) in [4.78, 5) is 38.6. The Morgan fingerprint density at radius 2 is 1.48 bits per heavy atom. The normalized spacial score (nSPS) is 14.1. The molecule has 0 N–H and O–H groups in total. The predicted octanol–water partition coefficient (Wildman–Crippen LogP) is 3.44. The van der Waals surface area contributed by atoms with Crippen LogP contribution >= 0.6 is 0 Å². The molecule has 2 aliphatic heterocycles. The lowest BCUT2D eigenvalue weighted by Crippen LogP contribution is -2.29. The summed E-state index contributed by atoms with van der Waals surface area (Å²) in [6.07, 6.45) is 0. The number of nitrogens with zero attached hydrogens (tertiary/aromatic N) is 1. The average Bonchev–Trinajstić information content (AvgIpc) is 3.31. The first-order chi connectivity index (χ1) is 14.1. The Morgan fingerprint density at radius 1 is 0.828 bits per heavy atom. The topological polar surface area (TPSA) is 82.1 Å². The van der Waals surface area contributed by atoms with Crippen molar-refractivity contribution in [1.29, 1.82) is 0 Å². The monoisotopic (exact) mass is 387 g/mol. The summed E-state index contributed by atoms with van der Waals surface area (Å²) in [7, 11) is 0. The molecule has 5 rings (SSSR count). The molecule has 0 bridgehead atoms. The molecule has 0 aliphatic carbocycles. The second-order valence-corrected chi connectivity index (χ2v) is 6.44. The molecule has 7 nitrogen and oxygen atoms in total. The van der Waals surface area contributed by atoms with E-state index in [9.17, 15) is 14.4 Å². The zero-order valence-corrected chi connectivity index (χ0v) is 15.0. The molecule has 0 aromatic heterocycles. The van der Waals surface area contributed by atoms with E-state index in [-0.39, 0.29) is 24.2 Å². The number of carbonyl (C=O) groups is 3. The van der Waals surface area contributed by atoms with Crippen LogP contribution in [0.3, 0.4) is 0 Å². The SMILES string of the molecule is O=C(Oc1ccc2c(c1)OCO2)c1ccc(N2C(=O)c3ccccc3C2=O)cc1. The zero-order chi connectivity index (χ0) is 20.0. The number of anilines is 1. The van der Waals surface area contributed by atoms with E-state index in [2.05, 4.69) is 0 Å². The maximum absolute atomic E-state index is 12.6. The second-order valence-electron chi connectivity index (χ2n) is 6.44. The third-order valence-electron chi connectivity index (χ3n) is 4.71. The van der Waals surface area contributed by atoms with Gasteiger partial charge in [-0.3, -0.25) is 9.59 Å². The van der Waals surface area contributed by atoms with Gasteiger partial charge >= 0.3 is 5.97 Å². The summed E-state index contributed by atoms with van der Waals surface area (Å²) < 4.78 is 15.8. The zero-order valence-electron chi connectivity index (χ0n) is 15.0. The van der Waals surface area contributed by atoms with E-state index in [1.807, 2.05) is 0 Å². The number of rotatable bonds is 3. The molecule has 2 heterocycles. The van der Waals surface area contributed by atoms with Crippen LogP contribution in [0.5, 0.6) is 17.2 Å². The third-order valence-corrected chi connectivity index (χ3v) is 4.71. The van der Waals surface area contributed by atoms with E-state index < -0.39 is 5.97 Å². The standard InChI is InChI=1S/C22H13NO6/c24-20-16-3-1-2-4-17(16)21(25)23(20)14-7-5-13(6-8-14)22(26)29-15-9-10-18-19(11-15)28-12-27-18/h1-11H,12H2. The number of benzene rings is 3. The van der Waals surface area contributed by atoms with Crippen LogP contribution in [0.25, 0.3) is 0 Å². The number of ether oxygens (including phenoxy) is 3. The number of hydrogen-bond acceptors (Lipinski definition) is 6. The first kappa shape index (κ1) is 17.0. The van der Waals surface area contributed by atoms with Crippen LogP contribution in [0, 0.1) is 0 Å². The van der Waals surface area contributed by atoms with Crippen LogP contribution in [0.1, 0.15) is 31.1 Å². The first-order valence-electron chi connectivity index (χ1n) is 8.81. The fourth-order valence-corrected chi connectivity index (χ4v) is 3.28. The van der Waals surface area contributed by atoms with E-state index in [4.69, 9.17) is 14.2 Å². The largest absolute Gasteiger partial charge is 0.454 e. The van der Waals surface area contributed by atoms with Gasteiger partial charge in [0.2, 0.25) is 6.79 Å². The van der Waals surface area contributed by atoms with Gasteiger partial charge in [-0.05, 0) is 48.5 Å². The van der Waals surface area contributed by atoms with Crippen LogP contribution in [-0.2, 0) is 0 Å². The summed E-state index contributed by atoms with van der Waals surface area (Å²) >= 11 is 0. The lowest BCUT2D eigenvalue weighted by atomic mass is 10.1. The van der Waals surface area contributed by atoms with E-state index >= 15 is 0 Å². The van der Waals surface area contributed by atoms with Gasteiger partial charge in [-0.2, -0.15) is 0 Å². The first-order valence-corrected chi connectivity index (χ1v) is 8.81. The molecule has 2 amide bonds. The molecule has 0 saturated carbocycles. The Balaban J connectivity index is 1.35. The maximum atomic E-state index is 12.6. The van der Waals surface area contributed by atoms with Crippen molar-refractivity contribution in [3.8, 4) is 17.2 Å². The number of imide groups is 1. The molecule has 0 radical (unpaired) electrons. The molecule has 2 aliphatic rings. The molecular formula is C22H13NO6. The second kappa shape index (κ2) is 6.49. The van der Waals surface area contributed by atoms with E-state index in [1.54, 1.807) is 42.5 Å². The molecule has 3 aromatic rings.